The number of nitrogen functional groups attached to an aromatic ring is 1. The summed E-state index contributed by atoms with van der Waals surface area (Å²) in [6.07, 6.45) is 0. The molecule has 21 heavy (non-hydrogen) atoms. The number of ether oxygens (including phenoxy) is 1. The van der Waals surface area contributed by atoms with Gasteiger partial charge in [0.05, 0.1) is 7.11 Å². The first kappa shape index (κ1) is 15.3. The number of benzene rings is 2. The summed E-state index contributed by atoms with van der Waals surface area (Å²) < 4.78 is 32.7. The molecule has 0 fully saturated rings. The van der Waals surface area contributed by atoms with Crippen molar-refractivity contribution in [3.05, 3.63) is 54.1 Å². The molecule has 0 aromatic heterocycles. The summed E-state index contributed by atoms with van der Waals surface area (Å²) in [6, 6.07) is 13.5. The van der Waals surface area contributed by atoms with Crippen molar-refractivity contribution >= 4 is 15.7 Å². The van der Waals surface area contributed by atoms with E-state index >= 15 is 0 Å². The van der Waals surface area contributed by atoms with Crippen LogP contribution in [-0.4, -0.2) is 15.5 Å². The molecular weight excluding hydrogens is 288 g/mol. The zero-order chi connectivity index (χ0) is 15.5. The molecular formula is C15H18N2O3S. The van der Waals surface area contributed by atoms with Crippen molar-refractivity contribution < 1.29 is 13.2 Å². The molecule has 0 aliphatic carbocycles. The Morgan fingerprint density at radius 1 is 1.14 bits per heavy atom. The molecule has 0 heterocycles. The number of nitrogens with two attached hydrogens (primary N) is 1. The van der Waals surface area contributed by atoms with Gasteiger partial charge in [-0.3, -0.25) is 0 Å². The lowest BCUT2D eigenvalue weighted by atomic mass is 10.1. The van der Waals surface area contributed by atoms with E-state index in [1.165, 1.54) is 19.2 Å². The van der Waals surface area contributed by atoms with Gasteiger partial charge in [0.1, 0.15) is 10.6 Å². The van der Waals surface area contributed by atoms with Gasteiger partial charge in [-0.2, -0.15) is 0 Å². The minimum atomic E-state index is -3.73. The topological polar surface area (TPSA) is 81.4 Å². The van der Waals surface area contributed by atoms with Gasteiger partial charge >= 0.3 is 0 Å². The lowest BCUT2D eigenvalue weighted by Crippen LogP contribution is -2.27. The fourth-order valence-corrected chi connectivity index (χ4v) is 3.45. The zero-order valence-electron chi connectivity index (χ0n) is 11.9. The van der Waals surface area contributed by atoms with Gasteiger partial charge in [0.25, 0.3) is 0 Å². The summed E-state index contributed by atoms with van der Waals surface area (Å²) in [5.41, 5.74) is 6.92. The molecule has 6 heteroatoms. The first-order valence-electron chi connectivity index (χ1n) is 6.45. The molecule has 1 atom stereocenters. The van der Waals surface area contributed by atoms with Crippen LogP contribution in [0, 0.1) is 0 Å². The van der Waals surface area contributed by atoms with E-state index in [2.05, 4.69) is 4.72 Å². The number of hydrogen-bond acceptors (Lipinski definition) is 4. The predicted molar refractivity (Wildman–Crippen MR) is 82.6 cm³/mol. The molecule has 0 radical (unpaired) electrons. The van der Waals surface area contributed by atoms with E-state index in [1.807, 2.05) is 30.3 Å². The summed E-state index contributed by atoms with van der Waals surface area (Å²) >= 11 is 0. The van der Waals surface area contributed by atoms with Crippen LogP contribution < -0.4 is 15.2 Å². The second-order valence-corrected chi connectivity index (χ2v) is 6.35. The van der Waals surface area contributed by atoms with Gasteiger partial charge in [0.2, 0.25) is 10.0 Å². The van der Waals surface area contributed by atoms with E-state index in [-0.39, 0.29) is 16.7 Å². The fourth-order valence-electron chi connectivity index (χ4n) is 2.01. The highest BCUT2D eigenvalue weighted by molar-refractivity contribution is 7.89. The maximum atomic E-state index is 12.5. The Bertz CT molecular complexity index is 715. The second kappa shape index (κ2) is 6.15. The number of anilines is 1. The lowest BCUT2D eigenvalue weighted by Gasteiger charge is -2.16. The van der Waals surface area contributed by atoms with Crippen LogP contribution >= 0.6 is 0 Å². The Hall–Kier alpha value is -2.05. The average molecular weight is 306 g/mol. The normalized spacial score (nSPS) is 12.9. The summed E-state index contributed by atoms with van der Waals surface area (Å²) in [5, 5.41) is 0. The number of hydrogen-bond donors (Lipinski definition) is 2. The molecule has 0 aliphatic heterocycles. The van der Waals surface area contributed by atoms with E-state index in [0.717, 1.165) is 5.56 Å². The molecule has 2 aromatic rings. The van der Waals surface area contributed by atoms with Crippen molar-refractivity contribution in [1.29, 1.82) is 0 Å². The SMILES string of the molecule is COc1ccc(N)cc1S(=O)(=O)N[C@H](C)c1ccccc1. The van der Waals surface area contributed by atoms with E-state index in [9.17, 15) is 8.42 Å². The van der Waals surface area contributed by atoms with Crippen LogP contribution in [0.25, 0.3) is 0 Å². The molecule has 0 aliphatic rings. The average Bonchev–Trinajstić information content (AvgIpc) is 2.47. The van der Waals surface area contributed by atoms with Crippen LogP contribution in [0.15, 0.2) is 53.4 Å². The van der Waals surface area contributed by atoms with Gasteiger partial charge in [0.15, 0.2) is 0 Å². The highest BCUT2D eigenvalue weighted by atomic mass is 32.2. The molecule has 0 amide bonds. The van der Waals surface area contributed by atoms with E-state index in [1.54, 1.807) is 13.0 Å². The highest BCUT2D eigenvalue weighted by Gasteiger charge is 2.22. The van der Waals surface area contributed by atoms with E-state index < -0.39 is 10.0 Å². The first-order chi connectivity index (χ1) is 9.94. The van der Waals surface area contributed by atoms with Crippen LogP contribution in [0.1, 0.15) is 18.5 Å². The first-order valence-corrected chi connectivity index (χ1v) is 7.93. The maximum absolute atomic E-state index is 12.5. The van der Waals surface area contributed by atoms with Crippen LogP contribution in [0.3, 0.4) is 0 Å². The molecule has 0 spiro atoms. The Morgan fingerprint density at radius 3 is 2.43 bits per heavy atom. The smallest absolute Gasteiger partial charge is 0.244 e. The third-order valence-corrected chi connectivity index (χ3v) is 4.67. The van der Waals surface area contributed by atoms with Crippen LogP contribution in [0.4, 0.5) is 5.69 Å². The number of nitrogens with one attached hydrogen (secondary N) is 1. The van der Waals surface area contributed by atoms with Gasteiger partial charge in [-0.05, 0) is 30.7 Å². The molecule has 112 valence electrons. The highest BCUT2D eigenvalue weighted by Crippen LogP contribution is 2.27. The Balaban J connectivity index is 2.33. The van der Waals surface area contributed by atoms with Crippen molar-refractivity contribution in [2.75, 3.05) is 12.8 Å². The standard InChI is InChI=1S/C15H18N2O3S/c1-11(12-6-4-3-5-7-12)17-21(18,19)15-10-13(16)8-9-14(15)20-2/h3-11,17H,16H2,1-2H3/t11-/m1/s1. The minimum Gasteiger partial charge on any atom is -0.495 e. The molecule has 0 saturated heterocycles. The van der Waals surface area contributed by atoms with Crippen molar-refractivity contribution in [2.45, 2.75) is 17.9 Å². The minimum absolute atomic E-state index is 0.0350. The third kappa shape index (κ3) is 3.53. The summed E-state index contributed by atoms with van der Waals surface area (Å²) in [5.74, 6) is 0.261. The quantitative estimate of drug-likeness (QED) is 0.831. The van der Waals surface area contributed by atoms with Gasteiger partial charge in [0, 0.05) is 11.7 Å². The van der Waals surface area contributed by atoms with E-state index in [0.29, 0.717) is 5.69 Å². The third-order valence-electron chi connectivity index (χ3n) is 3.11. The van der Waals surface area contributed by atoms with Crippen molar-refractivity contribution in [3.8, 4) is 5.75 Å². The van der Waals surface area contributed by atoms with Crippen LogP contribution in [-0.2, 0) is 10.0 Å². The zero-order valence-corrected chi connectivity index (χ0v) is 12.7. The van der Waals surface area contributed by atoms with Gasteiger partial charge in [-0.15, -0.1) is 0 Å². The molecule has 0 saturated carbocycles. The molecule has 3 N–H and O–H groups in total. The molecule has 2 aromatic carbocycles. The monoisotopic (exact) mass is 306 g/mol. The molecule has 0 bridgehead atoms. The largest absolute Gasteiger partial charge is 0.495 e. The van der Waals surface area contributed by atoms with Crippen molar-refractivity contribution in [1.82, 2.24) is 4.72 Å². The number of sulfonamides is 1. The van der Waals surface area contributed by atoms with Gasteiger partial charge in [-0.1, -0.05) is 30.3 Å². The molecule has 0 unspecified atom stereocenters. The van der Waals surface area contributed by atoms with Crippen LogP contribution in [0.5, 0.6) is 5.75 Å². The van der Waals surface area contributed by atoms with Gasteiger partial charge < -0.3 is 10.5 Å². The molecule has 2 rings (SSSR count). The van der Waals surface area contributed by atoms with Crippen molar-refractivity contribution in [3.63, 3.8) is 0 Å². The Labute approximate surface area is 124 Å². The summed E-state index contributed by atoms with van der Waals surface area (Å²) in [6.45, 7) is 1.78. The summed E-state index contributed by atoms with van der Waals surface area (Å²) in [7, 11) is -2.31. The second-order valence-electron chi connectivity index (χ2n) is 4.66. The lowest BCUT2D eigenvalue weighted by molar-refractivity contribution is 0.402. The Morgan fingerprint density at radius 2 is 1.81 bits per heavy atom. The van der Waals surface area contributed by atoms with Crippen molar-refractivity contribution in [2.24, 2.45) is 0 Å². The number of methoxy groups -OCH3 is 1. The maximum Gasteiger partial charge on any atom is 0.244 e. The molecule has 5 nitrogen and oxygen atoms in total. The predicted octanol–water partition coefficient (Wildman–Crippen LogP) is 2.32. The van der Waals surface area contributed by atoms with Gasteiger partial charge in [-0.25, -0.2) is 13.1 Å². The Kier molecular flexibility index (Phi) is 4.50. The number of rotatable bonds is 5. The van der Waals surface area contributed by atoms with Crippen LogP contribution in [0.2, 0.25) is 0 Å². The van der Waals surface area contributed by atoms with E-state index in [4.69, 9.17) is 10.5 Å². The fraction of sp³-hybridized carbons (Fsp3) is 0.200. The summed E-state index contributed by atoms with van der Waals surface area (Å²) in [4.78, 5) is 0.0350.